The van der Waals surface area contributed by atoms with Crippen molar-refractivity contribution in [2.45, 2.75) is 4.90 Å². The Morgan fingerprint density at radius 3 is 2.29 bits per heavy atom. The minimum absolute atomic E-state index is 0.0412. The number of sulfonamides is 1. The van der Waals surface area contributed by atoms with Gasteiger partial charge < -0.3 is 14.8 Å². The van der Waals surface area contributed by atoms with Crippen LogP contribution in [0, 0.1) is 0 Å². The molecule has 0 saturated carbocycles. The molecule has 0 spiro atoms. The van der Waals surface area contributed by atoms with E-state index in [-0.39, 0.29) is 31.9 Å². The highest BCUT2D eigenvalue weighted by molar-refractivity contribution is 7.89. The van der Waals surface area contributed by atoms with E-state index in [0.717, 1.165) is 0 Å². The molecule has 11 heteroatoms. The molecule has 0 unspecified atom stereocenters. The number of hydrogen-bond donors (Lipinski definition) is 2. The van der Waals surface area contributed by atoms with Gasteiger partial charge in [-0.2, -0.15) is 0 Å². The van der Waals surface area contributed by atoms with E-state index in [1.54, 1.807) is 0 Å². The summed E-state index contributed by atoms with van der Waals surface area (Å²) < 4.78 is 45.8. The van der Waals surface area contributed by atoms with E-state index in [4.69, 9.17) is 37.8 Å². The summed E-state index contributed by atoms with van der Waals surface area (Å²) in [7, 11) is -3.94. The molecule has 0 bridgehead atoms. The van der Waals surface area contributed by atoms with Gasteiger partial charge in [0.05, 0.1) is 20.5 Å². The van der Waals surface area contributed by atoms with Gasteiger partial charge in [0.2, 0.25) is 16.9 Å². The molecule has 0 aliphatic heterocycles. The van der Waals surface area contributed by atoms with Crippen molar-refractivity contribution in [3.05, 3.63) is 76.3 Å². The number of hydrogen-bond acceptors (Lipinski definition) is 5. The standard InChI is InChI=1S/C20H15Cl2FN2O5S/c21-17-9-16(20(26)25-12-2-1-3-15(8-12)31(24,27)28)19(10-18(17)22)30-14-6-4-13(5-7-14)29-11-23/h1-10H,11H2,(H,25,26)(H2,24,27,28). The van der Waals surface area contributed by atoms with Crippen LogP contribution in [0.2, 0.25) is 10.0 Å². The number of ether oxygens (including phenoxy) is 2. The topological polar surface area (TPSA) is 108 Å². The first-order valence-corrected chi connectivity index (χ1v) is 10.9. The Hall–Kier alpha value is -2.85. The highest BCUT2D eigenvalue weighted by Gasteiger charge is 2.18. The smallest absolute Gasteiger partial charge is 0.259 e. The summed E-state index contributed by atoms with van der Waals surface area (Å²) in [4.78, 5) is 12.7. The van der Waals surface area contributed by atoms with Crippen molar-refractivity contribution >= 4 is 44.8 Å². The summed E-state index contributed by atoms with van der Waals surface area (Å²) in [5.74, 6) is 0.0951. The molecule has 1 amide bonds. The van der Waals surface area contributed by atoms with Crippen LogP contribution in [-0.4, -0.2) is 21.2 Å². The first-order valence-electron chi connectivity index (χ1n) is 8.57. The van der Waals surface area contributed by atoms with E-state index in [2.05, 4.69) is 5.32 Å². The van der Waals surface area contributed by atoms with Crippen LogP contribution in [0.4, 0.5) is 10.1 Å². The molecule has 3 rings (SSSR count). The van der Waals surface area contributed by atoms with Crippen LogP contribution >= 0.6 is 23.2 Å². The van der Waals surface area contributed by atoms with Gasteiger partial charge in [-0.15, -0.1) is 0 Å². The molecule has 0 radical (unpaired) electrons. The quantitative estimate of drug-likeness (QED) is 0.490. The Morgan fingerprint density at radius 2 is 1.65 bits per heavy atom. The zero-order valence-corrected chi connectivity index (χ0v) is 18.0. The number of halogens is 3. The molecular formula is C20H15Cl2FN2O5S. The van der Waals surface area contributed by atoms with E-state index in [9.17, 15) is 17.6 Å². The maximum atomic E-state index is 12.9. The molecule has 162 valence electrons. The Labute approximate surface area is 187 Å². The summed E-state index contributed by atoms with van der Waals surface area (Å²) >= 11 is 12.1. The highest BCUT2D eigenvalue weighted by Crippen LogP contribution is 2.34. The molecule has 0 atom stereocenters. The fourth-order valence-corrected chi connectivity index (χ4v) is 3.41. The Bertz CT molecular complexity index is 1220. The van der Waals surface area contributed by atoms with Crippen LogP contribution in [-0.2, 0) is 10.0 Å². The number of nitrogens with two attached hydrogens (primary N) is 1. The number of rotatable bonds is 7. The minimum Gasteiger partial charge on any atom is -0.463 e. The lowest BCUT2D eigenvalue weighted by Crippen LogP contribution is -2.15. The first-order chi connectivity index (χ1) is 14.7. The van der Waals surface area contributed by atoms with E-state index >= 15 is 0 Å². The SMILES string of the molecule is NS(=O)(=O)c1cccc(NC(=O)c2cc(Cl)c(Cl)cc2Oc2ccc(OCF)cc2)c1. The fourth-order valence-electron chi connectivity index (χ4n) is 2.53. The predicted octanol–water partition coefficient (Wildman–Crippen LogP) is 4.99. The molecule has 3 N–H and O–H groups in total. The maximum Gasteiger partial charge on any atom is 0.259 e. The summed E-state index contributed by atoms with van der Waals surface area (Å²) in [6.45, 7) is -0.968. The van der Waals surface area contributed by atoms with Crippen molar-refractivity contribution in [2.24, 2.45) is 5.14 Å². The van der Waals surface area contributed by atoms with Gasteiger partial charge >= 0.3 is 0 Å². The molecule has 0 fully saturated rings. The van der Waals surface area contributed by atoms with Crippen molar-refractivity contribution in [2.75, 3.05) is 12.2 Å². The lowest BCUT2D eigenvalue weighted by molar-refractivity contribution is 0.102. The Kier molecular flexibility index (Phi) is 7.01. The van der Waals surface area contributed by atoms with E-state index in [1.807, 2.05) is 0 Å². The second-order valence-electron chi connectivity index (χ2n) is 6.12. The number of nitrogens with one attached hydrogen (secondary N) is 1. The van der Waals surface area contributed by atoms with Crippen LogP contribution in [0.1, 0.15) is 10.4 Å². The number of carbonyl (C=O) groups excluding carboxylic acids is 1. The molecule has 0 heterocycles. The van der Waals surface area contributed by atoms with Crippen molar-refractivity contribution in [1.82, 2.24) is 0 Å². The predicted molar refractivity (Wildman–Crippen MR) is 115 cm³/mol. The van der Waals surface area contributed by atoms with Crippen molar-refractivity contribution < 1.29 is 27.1 Å². The minimum atomic E-state index is -3.94. The number of alkyl halides is 1. The average Bonchev–Trinajstić information content (AvgIpc) is 2.71. The fraction of sp³-hybridized carbons (Fsp3) is 0.0500. The molecule has 0 saturated heterocycles. The normalized spacial score (nSPS) is 11.1. The summed E-state index contributed by atoms with van der Waals surface area (Å²) in [6, 6.07) is 14.1. The molecule has 0 aromatic heterocycles. The lowest BCUT2D eigenvalue weighted by Gasteiger charge is -2.14. The number of amides is 1. The van der Waals surface area contributed by atoms with Gasteiger partial charge in [-0.1, -0.05) is 29.3 Å². The molecule has 31 heavy (non-hydrogen) atoms. The van der Waals surface area contributed by atoms with Crippen LogP contribution in [0.15, 0.2) is 65.6 Å². The third-order valence-corrected chi connectivity index (χ3v) is 5.59. The monoisotopic (exact) mass is 484 g/mol. The maximum absolute atomic E-state index is 12.9. The molecule has 0 aliphatic carbocycles. The molecular weight excluding hydrogens is 470 g/mol. The van der Waals surface area contributed by atoms with Gasteiger partial charge in [-0.05, 0) is 48.5 Å². The third-order valence-electron chi connectivity index (χ3n) is 3.96. The van der Waals surface area contributed by atoms with Crippen molar-refractivity contribution in [1.29, 1.82) is 0 Å². The van der Waals surface area contributed by atoms with Gasteiger partial charge in [0.1, 0.15) is 17.2 Å². The summed E-state index contributed by atoms with van der Waals surface area (Å²) in [5.41, 5.74) is 0.237. The zero-order valence-electron chi connectivity index (χ0n) is 15.6. The van der Waals surface area contributed by atoms with Crippen LogP contribution in [0.25, 0.3) is 0 Å². The second kappa shape index (κ2) is 9.52. The summed E-state index contributed by atoms with van der Waals surface area (Å²) in [6.07, 6.45) is 0. The zero-order chi connectivity index (χ0) is 22.6. The first kappa shape index (κ1) is 22.8. The van der Waals surface area contributed by atoms with Gasteiger partial charge in [-0.3, -0.25) is 4.79 Å². The average molecular weight is 485 g/mol. The number of primary sulfonamides is 1. The van der Waals surface area contributed by atoms with Crippen molar-refractivity contribution in [3.63, 3.8) is 0 Å². The Morgan fingerprint density at radius 1 is 1.00 bits per heavy atom. The number of carbonyl (C=O) groups is 1. The Balaban J connectivity index is 1.90. The van der Waals surface area contributed by atoms with Crippen LogP contribution in [0.5, 0.6) is 17.2 Å². The molecule has 3 aromatic carbocycles. The van der Waals surface area contributed by atoms with E-state index in [0.29, 0.717) is 11.5 Å². The van der Waals surface area contributed by atoms with Gasteiger partial charge in [-0.25, -0.2) is 17.9 Å². The van der Waals surface area contributed by atoms with E-state index < -0.39 is 22.8 Å². The van der Waals surface area contributed by atoms with Crippen LogP contribution in [0.3, 0.4) is 0 Å². The molecule has 3 aromatic rings. The van der Waals surface area contributed by atoms with E-state index in [1.165, 1.54) is 60.7 Å². The number of benzene rings is 3. The highest BCUT2D eigenvalue weighted by atomic mass is 35.5. The van der Waals surface area contributed by atoms with Gasteiger partial charge in [0.25, 0.3) is 5.91 Å². The largest absolute Gasteiger partial charge is 0.463 e. The number of anilines is 1. The summed E-state index contributed by atoms with van der Waals surface area (Å²) in [5, 5.41) is 7.96. The van der Waals surface area contributed by atoms with Gasteiger partial charge in [0.15, 0.2) is 0 Å². The van der Waals surface area contributed by atoms with Crippen LogP contribution < -0.4 is 19.9 Å². The molecule has 7 nitrogen and oxygen atoms in total. The van der Waals surface area contributed by atoms with Crippen molar-refractivity contribution in [3.8, 4) is 17.2 Å². The lowest BCUT2D eigenvalue weighted by atomic mass is 10.1. The second-order valence-corrected chi connectivity index (χ2v) is 8.49. The third kappa shape index (κ3) is 5.86. The van der Waals surface area contributed by atoms with Gasteiger partial charge in [0, 0.05) is 11.8 Å². The molecule has 0 aliphatic rings.